The van der Waals surface area contributed by atoms with Crippen LogP contribution in [-0.4, -0.2) is 33.5 Å². The first-order valence-electron chi connectivity index (χ1n) is 9.12. The topological polar surface area (TPSA) is 102 Å². The zero-order valence-electron chi connectivity index (χ0n) is 16.0. The number of nitrogens with zero attached hydrogens (tertiary/aromatic N) is 1. The van der Waals surface area contributed by atoms with E-state index in [0.29, 0.717) is 16.3 Å². The number of fused-ring (bicyclic) bond motifs is 1. The van der Waals surface area contributed by atoms with E-state index in [2.05, 4.69) is 10.3 Å². The van der Waals surface area contributed by atoms with Gasteiger partial charge in [0.2, 0.25) is 0 Å². The predicted molar refractivity (Wildman–Crippen MR) is 112 cm³/mol. The zero-order valence-corrected chi connectivity index (χ0v) is 16.7. The van der Waals surface area contributed by atoms with Crippen molar-refractivity contribution < 1.29 is 19.1 Å². The van der Waals surface area contributed by atoms with Gasteiger partial charge in [0, 0.05) is 23.8 Å². The summed E-state index contributed by atoms with van der Waals surface area (Å²) in [5, 5.41) is 12.7. The van der Waals surface area contributed by atoms with E-state index in [1.165, 1.54) is 23.2 Å². The summed E-state index contributed by atoms with van der Waals surface area (Å²) in [5.74, 6) is -1.68. The van der Waals surface area contributed by atoms with E-state index in [0.717, 1.165) is 6.07 Å². The second kappa shape index (κ2) is 8.96. The largest absolute Gasteiger partial charge is 0.481 e. The molecule has 0 radical (unpaired) electrons. The van der Waals surface area contributed by atoms with Crippen molar-refractivity contribution in [3.05, 3.63) is 75.4 Å². The summed E-state index contributed by atoms with van der Waals surface area (Å²) in [6, 6.07) is 9.55. The highest BCUT2D eigenvalue weighted by Crippen LogP contribution is 2.27. The van der Waals surface area contributed by atoms with Gasteiger partial charge in [-0.25, -0.2) is 9.18 Å². The van der Waals surface area contributed by atoms with Crippen LogP contribution in [0.2, 0.25) is 5.02 Å². The van der Waals surface area contributed by atoms with Crippen molar-refractivity contribution >= 4 is 40.1 Å². The van der Waals surface area contributed by atoms with Gasteiger partial charge < -0.3 is 20.3 Å². The number of anilines is 1. The number of carboxylic acid groups (broad SMARTS) is 1. The Balaban J connectivity index is 1.95. The number of nitrogens with one attached hydrogen (secondary N) is 2. The number of benzene rings is 2. The second-order valence-corrected chi connectivity index (χ2v) is 7.10. The molecule has 0 bridgehead atoms. The number of urea groups is 1. The van der Waals surface area contributed by atoms with E-state index < -0.39 is 23.9 Å². The van der Waals surface area contributed by atoms with Crippen molar-refractivity contribution in [3.63, 3.8) is 0 Å². The number of pyridine rings is 1. The van der Waals surface area contributed by atoms with Crippen LogP contribution in [0.3, 0.4) is 0 Å². The summed E-state index contributed by atoms with van der Waals surface area (Å²) in [7, 11) is 0. The number of aromatic amines is 1. The highest BCUT2D eigenvalue weighted by atomic mass is 35.5. The molecule has 156 valence electrons. The lowest BCUT2D eigenvalue weighted by molar-refractivity contribution is -0.137. The molecule has 3 N–H and O–H groups in total. The number of halogens is 2. The van der Waals surface area contributed by atoms with Gasteiger partial charge in [-0.3, -0.25) is 9.59 Å². The minimum Gasteiger partial charge on any atom is -0.481 e. The molecule has 0 saturated heterocycles. The van der Waals surface area contributed by atoms with Gasteiger partial charge in [-0.15, -0.1) is 0 Å². The summed E-state index contributed by atoms with van der Waals surface area (Å²) in [6.45, 7) is 1.66. The Bertz CT molecular complexity index is 1160. The number of amides is 2. The van der Waals surface area contributed by atoms with Crippen LogP contribution in [0.5, 0.6) is 0 Å². The molecule has 0 aliphatic heterocycles. The van der Waals surface area contributed by atoms with E-state index in [1.54, 1.807) is 31.2 Å². The van der Waals surface area contributed by atoms with Crippen LogP contribution in [0.15, 0.2) is 53.5 Å². The summed E-state index contributed by atoms with van der Waals surface area (Å²) in [5.41, 5.74) is 0.664. The molecule has 0 aliphatic carbocycles. The summed E-state index contributed by atoms with van der Waals surface area (Å²) in [6.07, 6.45) is 1.24. The molecule has 1 atom stereocenters. The maximum absolute atomic E-state index is 13.4. The number of hydrogen-bond acceptors (Lipinski definition) is 3. The first-order valence-corrected chi connectivity index (χ1v) is 9.50. The van der Waals surface area contributed by atoms with Crippen molar-refractivity contribution in [3.8, 4) is 0 Å². The third-order valence-electron chi connectivity index (χ3n) is 4.76. The summed E-state index contributed by atoms with van der Waals surface area (Å²) in [4.78, 5) is 40.2. The fourth-order valence-corrected chi connectivity index (χ4v) is 3.38. The maximum Gasteiger partial charge on any atom is 0.322 e. The van der Waals surface area contributed by atoms with Crippen LogP contribution in [0.1, 0.15) is 24.9 Å². The first-order chi connectivity index (χ1) is 14.3. The minimum atomic E-state index is -1.06. The van der Waals surface area contributed by atoms with Crippen molar-refractivity contribution in [1.82, 2.24) is 9.88 Å². The summed E-state index contributed by atoms with van der Waals surface area (Å²) < 4.78 is 13.4. The number of rotatable bonds is 6. The van der Waals surface area contributed by atoms with Gasteiger partial charge in [0.15, 0.2) is 0 Å². The van der Waals surface area contributed by atoms with Crippen molar-refractivity contribution in [1.29, 1.82) is 0 Å². The van der Waals surface area contributed by atoms with Crippen LogP contribution in [0, 0.1) is 5.82 Å². The highest BCUT2D eigenvalue weighted by Gasteiger charge is 2.24. The Labute approximate surface area is 176 Å². The first kappa shape index (κ1) is 21.3. The van der Waals surface area contributed by atoms with E-state index in [1.807, 2.05) is 0 Å². The Morgan fingerprint density at radius 3 is 2.60 bits per heavy atom. The molecule has 1 aromatic heterocycles. The van der Waals surface area contributed by atoms with Gasteiger partial charge in [-0.05, 0) is 42.1 Å². The maximum atomic E-state index is 13.4. The molecule has 2 amide bonds. The molecule has 3 aromatic rings. The second-order valence-electron chi connectivity index (χ2n) is 6.69. The van der Waals surface area contributed by atoms with E-state index in [-0.39, 0.29) is 29.2 Å². The van der Waals surface area contributed by atoms with Gasteiger partial charge in [0.1, 0.15) is 5.82 Å². The smallest absolute Gasteiger partial charge is 0.322 e. The van der Waals surface area contributed by atoms with Crippen LogP contribution in [0.4, 0.5) is 14.9 Å². The Kier molecular flexibility index (Phi) is 6.37. The van der Waals surface area contributed by atoms with Crippen molar-refractivity contribution in [2.24, 2.45) is 0 Å². The van der Waals surface area contributed by atoms with Crippen molar-refractivity contribution in [2.45, 2.75) is 19.4 Å². The molecule has 0 unspecified atom stereocenters. The number of carboxylic acids is 1. The molecular weight excluding hydrogens is 413 g/mol. The molecule has 30 heavy (non-hydrogen) atoms. The van der Waals surface area contributed by atoms with Crippen molar-refractivity contribution in [2.75, 3.05) is 11.9 Å². The molecular formula is C21H19ClFN3O4. The number of carbonyl (C=O) groups excluding carboxylic acids is 1. The van der Waals surface area contributed by atoms with Crippen LogP contribution >= 0.6 is 11.6 Å². The lowest BCUT2D eigenvalue weighted by Crippen LogP contribution is -2.38. The molecule has 0 aliphatic rings. The Morgan fingerprint density at radius 1 is 1.23 bits per heavy atom. The number of aromatic nitrogens is 1. The van der Waals surface area contributed by atoms with Gasteiger partial charge in [0.05, 0.1) is 17.5 Å². The van der Waals surface area contributed by atoms with Gasteiger partial charge in [-0.2, -0.15) is 0 Å². The number of H-pyrrole nitrogens is 1. The van der Waals surface area contributed by atoms with Crippen LogP contribution < -0.4 is 10.9 Å². The predicted octanol–water partition coefficient (Wildman–Crippen LogP) is 4.39. The minimum absolute atomic E-state index is 0.0787. The molecule has 1 heterocycles. The molecule has 2 aromatic carbocycles. The normalized spacial score (nSPS) is 11.8. The number of aliphatic carboxylic acids is 1. The SMILES string of the molecule is C[C@H](c1c[nH]c(=O)c2ccccc12)N(CCC(=O)O)C(=O)Nc1ccc(F)c(Cl)c1. The molecule has 9 heteroatoms. The zero-order chi connectivity index (χ0) is 21.8. The Hall–Kier alpha value is -3.39. The molecule has 0 fully saturated rings. The van der Waals surface area contributed by atoms with E-state index in [9.17, 15) is 18.8 Å². The fourth-order valence-electron chi connectivity index (χ4n) is 3.20. The fraction of sp³-hybridized carbons (Fsp3) is 0.190. The number of carbonyl (C=O) groups is 2. The molecule has 7 nitrogen and oxygen atoms in total. The average molecular weight is 432 g/mol. The van der Waals surface area contributed by atoms with Gasteiger partial charge >= 0.3 is 12.0 Å². The van der Waals surface area contributed by atoms with E-state index >= 15 is 0 Å². The summed E-state index contributed by atoms with van der Waals surface area (Å²) >= 11 is 5.77. The molecule has 0 saturated carbocycles. The lowest BCUT2D eigenvalue weighted by Gasteiger charge is -2.30. The third-order valence-corrected chi connectivity index (χ3v) is 5.05. The third kappa shape index (κ3) is 4.60. The van der Waals surface area contributed by atoms with Crippen LogP contribution in [0.25, 0.3) is 10.8 Å². The van der Waals surface area contributed by atoms with Crippen LogP contribution in [-0.2, 0) is 4.79 Å². The number of hydrogen-bond donors (Lipinski definition) is 3. The monoisotopic (exact) mass is 431 g/mol. The quantitative estimate of drug-likeness (QED) is 0.538. The molecule has 0 spiro atoms. The standard InChI is InChI=1S/C21H19ClFN3O4/c1-12(16-11-24-20(29)15-5-3-2-4-14(15)16)26(9-8-19(27)28)21(30)25-13-6-7-18(23)17(22)10-13/h2-7,10-12H,8-9H2,1H3,(H,24,29)(H,25,30)(H,27,28)/t12-/m1/s1. The van der Waals surface area contributed by atoms with E-state index in [4.69, 9.17) is 16.7 Å². The van der Waals surface area contributed by atoms with Gasteiger partial charge in [0.25, 0.3) is 5.56 Å². The highest BCUT2D eigenvalue weighted by molar-refractivity contribution is 6.31. The average Bonchev–Trinajstić information content (AvgIpc) is 2.71. The lowest BCUT2D eigenvalue weighted by atomic mass is 10.0. The van der Waals surface area contributed by atoms with Gasteiger partial charge in [-0.1, -0.05) is 29.8 Å². The molecule has 3 rings (SSSR count). The Morgan fingerprint density at radius 2 is 1.93 bits per heavy atom.